The molecule has 6 nitrogen and oxygen atoms in total. The third kappa shape index (κ3) is 5.11. The Morgan fingerprint density at radius 3 is 2.67 bits per heavy atom. The Kier molecular flexibility index (Phi) is 7.34. The van der Waals surface area contributed by atoms with E-state index in [-0.39, 0.29) is 18.1 Å². The van der Waals surface area contributed by atoms with Gasteiger partial charge in [-0.25, -0.2) is 0 Å². The van der Waals surface area contributed by atoms with Gasteiger partial charge in [0, 0.05) is 13.1 Å². The van der Waals surface area contributed by atoms with E-state index in [1.165, 1.54) is 0 Å². The van der Waals surface area contributed by atoms with Crippen molar-refractivity contribution in [1.29, 1.82) is 0 Å². The van der Waals surface area contributed by atoms with Crippen LogP contribution < -0.4 is 20.5 Å². The number of nitrogens with two attached hydrogens (primary N) is 1. The highest BCUT2D eigenvalue weighted by atomic mass is 16.5. The summed E-state index contributed by atoms with van der Waals surface area (Å²) in [6, 6.07) is 5.88. The van der Waals surface area contributed by atoms with E-state index >= 15 is 0 Å². The van der Waals surface area contributed by atoms with Crippen molar-refractivity contribution < 1.29 is 19.0 Å². The molecule has 2 rings (SSSR count). The zero-order chi connectivity index (χ0) is 17.4. The Labute approximate surface area is 143 Å². The van der Waals surface area contributed by atoms with Gasteiger partial charge in [-0.1, -0.05) is 6.07 Å². The van der Waals surface area contributed by atoms with E-state index in [0.29, 0.717) is 26.3 Å². The molecule has 1 fully saturated rings. The van der Waals surface area contributed by atoms with Gasteiger partial charge in [0.1, 0.15) is 6.10 Å². The second-order valence-electron chi connectivity index (χ2n) is 5.75. The lowest BCUT2D eigenvalue weighted by Crippen LogP contribution is -2.36. The molecule has 1 aromatic carbocycles. The topological polar surface area (TPSA) is 82.8 Å². The summed E-state index contributed by atoms with van der Waals surface area (Å²) in [5, 5.41) is 2.93. The van der Waals surface area contributed by atoms with Gasteiger partial charge in [0.15, 0.2) is 11.5 Å². The summed E-state index contributed by atoms with van der Waals surface area (Å²) in [6.45, 7) is 6.10. The number of carbonyl (C=O) groups is 1. The van der Waals surface area contributed by atoms with Crippen LogP contribution in [-0.4, -0.2) is 44.4 Å². The molecule has 1 aliphatic heterocycles. The largest absolute Gasteiger partial charge is 0.490 e. The molecule has 1 aromatic rings. The van der Waals surface area contributed by atoms with Crippen LogP contribution in [0.3, 0.4) is 0 Å². The number of benzene rings is 1. The van der Waals surface area contributed by atoms with Gasteiger partial charge in [0.2, 0.25) is 5.91 Å². The fraction of sp³-hybridized carbons (Fsp3) is 0.611. The Balaban J connectivity index is 1.83. The van der Waals surface area contributed by atoms with Crippen LogP contribution in [0.5, 0.6) is 11.5 Å². The number of nitrogens with one attached hydrogen (secondary N) is 1. The second-order valence-corrected chi connectivity index (χ2v) is 5.75. The molecule has 1 amide bonds. The van der Waals surface area contributed by atoms with Crippen molar-refractivity contribution in [1.82, 2.24) is 5.32 Å². The van der Waals surface area contributed by atoms with E-state index in [1.54, 1.807) is 0 Å². The highest BCUT2D eigenvalue weighted by Gasteiger charge is 2.29. The lowest BCUT2D eigenvalue weighted by atomic mass is 10.1. The summed E-state index contributed by atoms with van der Waals surface area (Å²) in [6.07, 6.45) is 1.97. The zero-order valence-corrected chi connectivity index (χ0v) is 14.5. The monoisotopic (exact) mass is 336 g/mol. The fourth-order valence-corrected chi connectivity index (χ4v) is 2.77. The van der Waals surface area contributed by atoms with Gasteiger partial charge in [0.25, 0.3) is 0 Å². The molecule has 0 aliphatic carbocycles. The first kappa shape index (κ1) is 18.5. The lowest BCUT2D eigenvalue weighted by Gasteiger charge is -2.14. The van der Waals surface area contributed by atoms with Crippen molar-refractivity contribution in [3.63, 3.8) is 0 Å². The lowest BCUT2D eigenvalue weighted by molar-refractivity contribution is -0.131. The van der Waals surface area contributed by atoms with Crippen molar-refractivity contribution in [2.24, 2.45) is 5.73 Å². The predicted octanol–water partition coefficient (Wildman–Crippen LogP) is 1.65. The SMILES string of the molecule is CCOc1ccc(CCNC(=O)[C@@H]2CC[C@H](CN)O2)cc1OCC. The maximum atomic E-state index is 12.1. The Bertz CT molecular complexity index is 536. The van der Waals surface area contributed by atoms with Gasteiger partial charge in [-0.3, -0.25) is 4.79 Å². The number of amides is 1. The van der Waals surface area contributed by atoms with Crippen LogP contribution in [0.2, 0.25) is 0 Å². The minimum atomic E-state index is -0.363. The molecule has 24 heavy (non-hydrogen) atoms. The van der Waals surface area contributed by atoms with Crippen LogP contribution in [0.15, 0.2) is 18.2 Å². The number of hydrogen-bond donors (Lipinski definition) is 2. The average Bonchev–Trinajstić information content (AvgIpc) is 3.06. The highest BCUT2D eigenvalue weighted by molar-refractivity contribution is 5.81. The molecule has 1 heterocycles. The summed E-state index contributed by atoms with van der Waals surface area (Å²) in [7, 11) is 0. The van der Waals surface area contributed by atoms with Gasteiger partial charge < -0.3 is 25.3 Å². The summed E-state index contributed by atoms with van der Waals surface area (Å²) in [5.41, 5.74) is 6.66. The number of carbonyl (C=O) groups excluding carboxylic acids is 1. The first-order valence-corrected chi connectivity index (χ1v) is 8.69. The maximum Gasteiger partial charge on any atom is 0.249 e. The number of hydrogen-bond acceptors (Lipinski definition) is 5. The molecule has 1 aliphatic rings. The Hall–Kier alpha value is -1.79. The molecular weight excluding hydrogens is 308 g/mol. The van der Waals surface area contributed by atoms with Crippen molar-refractivity contribution in [2.75, 3.05) is 26.3 Å². The Morgan fingerprint density at radius 1 is 1.25 bits per heavy atom. The van der Waals surface area contributed by atoms with Crippen LogP contribution in [0.4, 0.5) is 0 Å². The summed E-state index contributed by atoms with van der Waals surface area (Å²) >= 11 is 0. The van der Waals surface area contributed by atoms with Gasteiger partial charge in [-0.05, 0) is 50.8 Å². The number of ether oxygens (including phenoxy) is 3. The highest BCUT2D eigenvalue weighted by Crippen LogP contribution is 2.28. The van der Waals surface area contributed by atoms with E-state index in [4.69, 9.17) is 19.9 Å². The van der Waals surface area contributed by atoms with E-state index in [1.807, 2.05) is 32.0 Å². The third-order valence-corrected chi connectivity index (χ3v) is 3.98. The van der Waals surface area contributed by atoms with Crippen molar-refractivity contribution in [3.8, 4) is 11.5 Å². The van der Waals surface area contributed by atoms with Gasteiger partial charge >= 0.3 is 0 Å². The molecule has 0 unspecified atom stereocenters. The van der Waals surface area contributed by atoms with Crippen molar-refractivity contribution in [2.45, 2.75) is 45.3 Å². The molecule has 1 saturated heterocycles. The first-order valence-electron chi connectivity index (χ1n) is 8.69. The smallest absolute Gasteiger partial charge is 0.249 e. The minimum Gasteiger partial charge on any atom is -0.490 e. The summed E-state index contributed by atoms with van der Waals surface area (Å²) in [4.78, 5) is 12.1. The van der Waals surface area contributed by atoms with E-state index in [0.717, 1.165) is 36.3 Å². The van der Waals surface area contributed by atoms with Crippen LogP contribution >= 0.6 is 0 Å². The molecule has 0 aromatic heterocycles. The van der Waals surface area contributed by atoms with Crippen LogP contribution in [0, 0.1) is 0 Å². The minimum absolute atomic E-state index is 0.0145. The summed E-state index contributed by atoms with van der Waals surface area (Å²) in [5.74, 6) is 1.44. The van der Waals surface area contributed by atoms with Gasteiger partial charge in [0.05, 0.1) is 19.3 Å². The van der Waals surface area contributed by atoms with Gasteiger partial charge in [-0.2, -0.15) is 0 Å². The van der Waals surface area contributed by atoms with Crippen LogP contribution in [0.25, 0.3) is 0 Å². The second kappa shape index (κ2) is 9.49. The van der Waals surface area contributed by atoms with E-state index in [2.05, 4.69) is 5.32 Å². The average molecular weight is 336 g/mol. The zero-order valence-electron chi connectivity index (χ0n) is 14.5. The van der Waals surface area contributed by atoms with Crippen molar-refractivity contribution >= 4 is 5.91 Å². The molecule has 0 saturated carbocycles. The molecule has 0 bridgehead atoms. The maximum absolute atomic E-state index is 12.1. The van der Waals surface area contributed by atoms with E-state index in [9.17, 15) is 4.79 Å². The molecule has 6 heteroatoms. The molecule has 0 radical (unpaired) electrons. The molecule has 2 atom stereocenters. The standard InChI is InChI=1S/C18H28N2O4/c1-3-22-15-7-5-13(11-17(15)23-4-2)9-10-20-18(21)16-8-6-14(12-19)24-16/h5,7,11,14,16H,3-4,6,8-10,12,19H2,1-2H3,(H,20,21)/t14-,16+/m1/s1. The normalized spacial score (nSPS) is 20.0. The third-order valence-electron chi connectivity index (χ3n) is 3.98. The predicted molar refractivity (Wildman–Crippen MR) is 92.4 cm³/mol. The van der Waals surface area contributed by atoms with E-state index < -0.39 is 0 Å². The van der Waals surface area contributed by atoms with Crippen molar-refractivity contribution in [3.05, 3.63) is 23.8 Å². The molecular formula is C18H28N2O4. The number of rotatable bonds is 9. The van der Waals surface area contributed by atoms with Gasteiger partial charge in [-0.15, -0.1) is 0 Å². The fourth-order valence-electron chi connectivity index (χ4n) is 2.77. The Morgan fingerprint density at radius 2 is 2.00 bits per heavy atom. The summed E-state index contributed by atoms with van der Waals surface area (Å²) < 4.78 is 16.8. The van der Waals surface area contributed by atoms with Crippen LogP contribution in [-0.2, 0) is 16.0 Å². The quantitative estimate of drug-likeness (QED) is 0.716. The molecule has 134 valence electrons. The molecule has 0 spiro atoms. The van der Waals surface area contributed by atoms with Crippen LogP contribution in [0.1, 0.15) is 32.3 Å². The molecule has 3 N–H and O–H groups in total. The first-order chi connectivity index (χ1) is 11.7.